The van der Waals surface area contributed by atoms with Gasteiger partial charge in [-0.05, 0) is 44.5 Å². The van der Waals surface area contributed by atoms with Crippen LogP contribution in [0, 0.1) is 13.8 Å². The topological polar surface area (TPSA) is 73.9 Å². The predicted octanol–water partition coefficient (Wildman–Crippen LogP) is 3.50. The Morgan fingerprint density at radius 2 is 1.73 bits per heavy atom. The fraction of sp³-hybridized carbons (Fsp3) is 0.300. The molecule has 2 aromatic carbocycles. The van der Waals surface area contributed by atoms with Gasteiger partial charge in [0, 0.05) is 11.8 Å². The first kappa shape index (κ1) is 19.3. The molecule has 6 nitrogen and oxygen atoms in total. The number of amides is 1. The van der Waals surface area contributed by atoms with Crippen molar-refractivity contribution in [3.63, 3.8) is 0 Å². The molecule has 0 radical (unpaired) electrons. The Morgan fingerprint density at radius 3 is 2.35 bits per heavy atom. The SMILES string of the molecule is COc1ccc(C(=O)OC(C)C(=O)Nc2ccc(C)cc2C)c(OC)c1. The Kier molecular flexibility index (Phi) is 6.22. The van der Waals surface area contributed by atoms with Crippen molar-refractivity contribution < 1.29 is 23.8 Å². The highest BCUT2D eigenvalue weighted by Crippen LogP contribution is 2.25. The summed E-state index contributed by atoms with van der Waals surface area (Å²) in [7, 11) is 2.97. The third-order valence-electron chi connectivity index (χ3n) is 3.92. The lowest BCUT2D eigenvalue weighted by molar-refractivity contribution is -0.123. The van der Waals surface area contributed by atoms with E-state index in [0.29, 0.717) is 17.2 Å². The summed E-state index contributed by atoms with van der Waals surface area (Å²) in [6.07, 6.45) is -0.963. The second-order valence-electron chi connectivity index (χ2n) is 5.92. The second kappa shape index (κ2) is 8.38. The number of carbonyl (C=O) groups excluding carboxylic acids is 2. The van der Waals surface area contributed by atoms with E-state index in [9.17, 15) is 9.59 Å². The van der Waals surface area contributed by atoms with Gasteiger partial charge in [-0.1, -0.05) is 17.7 Å². The second-order valence-corrected chi connectivity index (χ2v) is 5.92. The van der Waals surface area contributed by atoms with E-state index in [-0.39, 0.29) is 5.56 Å². The number of rotatable bonds is 6. The van der Waals surface area contributed by atoms with Crippen LogP contribution in [0.4, 0.5) is 5.69 Å². The molecule has 0 aliphatic heterocycles. The first-order valence-corrected chi connectivity index (χ1v) is 8.16. The van der Waals surface area contributed by atoms with Gasteiger partial charge in [0.15, 0.2) is 6.10 Å². The average molecular weight is 357 g/mol. The van der Waals surface area contributed by atoms with E-state index >= 15 is 0 Å². The molecule has 138 valence electrons. The van der Waals surface area contributed by atoms with Crippen LogP contribution in [0.25, 0.3) is 0 Å². The Balaban J connectivity index is 2.07. The van der Waals surface area contributed by atoms with Gasteiger partial charge in [0.2, 0.25) is 0 Å². The number of methoxy groups -OCH3 is 2. The van der Waals surface area contributed by atoms with E-state index in [1.165, 1.54) is 27.2 Å². The average Bonchev–Trinajstić information content (AvgIpc) is 2.63. The minimum absolute atomic E-state index is 0.222. The van der Waals surface area contributed by atoms with E-state index in [1.54, 1.807) is 12.1 Å². The van der Waals surface area contributed by atoms with Crippen LogP contribution in [-0.4, -0.2) is 32.2 Å². The van der Waals surface area contributed by atoms with Crippen molar-refractivity contribution in [2.75, 3.05) is 19.5 Å². The number of anilines is 1. The van der Waals surface area contributed by atoms with Gasteiger partial charge in [-0.2, -0.15) is 0 Å². The molecule has 1 amide bonds. The fourth-order valence-electron chi connectivity index (χ4n) is 2.43. The molecule has 0 saturated heterocycles. The maximum Gasteiger partial charge on any atom is 0.342 e. The first-order chi connectivity index (χ1) is 12.3. The standard InChI is InChI=1S/C20H23NO5/c1-12-6-9-17(13(2)10-12)21-19(22)14(3)26-20(23)16-8-7-15(24-4)11-18(16)25-5/h6-11,14H,1-5H3,(H,21,22). The Labute approximate surface area is 153 Å². The summed E-state index contributed by atoms with van der Waals surface area (Å²) >= 11 is 0. The van der Waals surface area contributed by atoms with Crippen LogP contribution in [0.15, 0.2) is 36.4 Å². The number of benzene rings is 2. The van der Waals surface area contributed by atoms with E-state index in [4.69, 9.17) is 14.2 Å². The number of hydrogen-bond acceptors (Lipinski definition) is 5. The Morgan fingerprint density at radius 1 is 1.00 bits per heavy atom. The van der Waals surface area contributed by atoms with Crippen LogP contribution in [0.3, 0.4) is 0 Å². The highest BCUT2D eigenvalue weighted by Gasteiger charge is 2.22. The normalized spacial score (nSPS) is 11.4. The maximum atomic E-state index is 12.4. The van der Waals surface area contributed by atoms with E-state index in [1.807, 2.05) is 32.0 Å². The summed E-state index contributed by atoms with van der Waals surface area (Å²) in [5, 5.41) is 2.77. The van der Waals surface area contributed by atoms with Gasteiger partial charge >= 0.3 is 5.97 Å². The third-order valence-corrected chi connectivity index (χ3v) is 3.92. The lowest BCUT2D eigenvalue weighted by atomic mass is 10.1. The van der Waals surface area contributed by atoms with Crippen LogP contribution in [0.2, 0.25) is 0 Å². The number of ether oxygens (including phenoxy) is 3. The number of aryl methyl sites for hydroxylation is 2. The highest BCUT2D eigenvalue weighted by molar-refractivity contribution is 5.98. The number of nitrogens with one attached hydrogen (secondary N) is 1. The molecule has 0 heterocycles. The van der Waals surface area contributed by atoms with Gasteiger partial charge in [-0.25, -0.2) is 4.79 Å². The largest absolute Gasteiger partial charge is 0.497 e. The molecule has 2 aromatic rings. The summed E-state index contributed by atoms with van der Waals surface area (Å²) < 4.78 is 15.6. The van der Waals surface area contributed by atoms with Crippen LogP contribution < -0.4 is 14.8 Å². The molecule has 6 heteroatoms. The maximum absolute atomic E-state index is 12.4. The lowest BCUT2D eigenvalue weighted by Crippen LogP contribution is -2.30. The van der Waals surface area contributed by atoms with Gasteiger partial charge in [-0.3, -0.25) is 4.79 Å². The molecule has 1 atom stereocenters. The van der Waals surface area contributed by atoms with Gasteiger partial charge in [0.25, 0.3) is 5.91 Å². The molecule has 0 spiro atoms. The lowest BCUT2D eigenvalue weighted by Gasteiger charge is -2.16. The molecule has 1 N–H and O–H groups in total. The predicted molar refractivity (Wildman–Crippen MR) is 99.0 cm³/mol. The van der Waals surface area contributed by atoms with E-state index < -0.39 is 18.0 Å². The van der Waals surface area contributed by atoms with Crippen LogP contribution in [0.1, 0.15) is 28.4 Å². The fourth-order valence-corrected chi connectivity index (χ4v) is 2.43. The van der Waals surface area contributed by atoms with Crippen molar-refractivity contribution in [3.05, 3.63) is 53.1 Å². The zero-order valence-corrected chi connectivity index (χ0v) is 15.6. The summed E-state index contributed by atoms with van der Waals surface area (Å²) in [5.41, 5.74) is 2.95. The van der Waals surface area contributed by atoms with Crippen molar-refractivity contribution in [2.24, 2.45) is 0 Å². The molecule has 0 aromatic heterocycles. The Bertz CT molecular complexity index is 816. The van der Waals surface area contributed by atoms with Crippen molar-refractivity contribution in [1.29, 1.82) is 0 Å². The highest BCUT2D eigenvalue weighted by atomic mass is 16.5. The summed E-state index contributed by atoms with van der Waals surface area (Å²) in [6.45, 7) is 5.40. The smallest absolute Gasteiger partial charge is 0.342 e. The minimum atomic E-state index is -0.963. The van der Waals surface area contributed by atoms with E-state index in [0.717, 1.165) is 11.1 Å². The van der Waals surface area contributed by atoms with E-state index in [2.05, 4.69) is 5.32 Å². The number of carbonyl (C=O) groups is 2. The molecule has 1 unspecified atom stereocenters. The van der Waals surface area contributed by atoms with Crippen molar-refractivity contribution >= 4 is 17.6 Å². The monoisotopic (exact) mass is 357 g/mol. The molecular weight excluding hydrogens is 334 g/mol. The van der Waals surface area contributed by atoms with Gasteiger partial charge in [0.1, 0.15) is 17.1 Å². The molecule has 0 bridgehead atoms. The van der Waals surface area contributed by atoms with Crippen LogP contribution in [-0.2, 0) is 9.53 Å². The first-order valence-electron chi connectivity index (χ1n) is 8.16. The van der Waals surface area contributed by atoms with Gasteiger partial charge in [0.05, 0.1) is 14.2 Å². The third kappa shape index (κ3) is 4.53. The zero-order valence-electron chi connectivity index (χ0n) is 15.6. The minimum Gasteiger partial charge on any atom is -0.497 e. The number of esters is 1. The van der Waals surface area contributed by atoms with Crippen LogP contribution in [0.5, 0.6) is 11.5 Å². The summed E-state index contributed by atoms with van der Waals surface area (Å²) in [6, 6.07) is 10.4. The van der Waals surface area contributed by atoms with Crippen molar-refractivity contribution in [1.82, 2.24) is 0 Å². The summed E-state index contributed by atoms with van der Waals surface area (Å²) in [4.78, 5) is 24.7. The molecule has 0 aliphatic rings. The summed E-state index contributed by atoms with van der Waals surface area (Å²) in [5.74, 6) is -0.180. The molecule has 0 fully saturated rings. The Hall–Kier alpha value is -3.02. The van der Waals surface area contributed by atoms with Gasteiger partial charge in [-0.15, -0.1) is 0 Å². The molecule has 26 heavy (non-hydrogen) atoms. The molecule has 0 saturated carbocycles. The van der Waals surface area contributed by atoms with Gasteiger partial charge < -0.3 is 19.5 Å². The zero-order chi connectivity index (χ0) is 19.3. The number of hydrogen-bond donors (Lipinski definition) is 1. The molecule has 0 aliphatic carbocycles. The van der Waals surface area contributed by atoms with Crippen molar-refractivity contribution in [2.45, 2.75) is 26.9 Å². The molecular formula is C20H23NO5. The quantitative estimate of drug-likeness (QED) is 0.801. The van der Waals surface area contributed by atoms with Crippen molar-refractivity contribution in [3.8, 4) is 11.5 Å². The molecule has 2 rings (SSSR count). The van der Waals surface area contributed by atoms with Crippen LogP contribution >= 0.6 is 0 Å².